The van der Waals surface area contributed by atoms with E-state index < -0.39 is 11.2 Å². The third kappa shape index (κ3) is 7.94. The highest BCUT2D eigenvalue weighted by Gasteiger charge is 2.55. The second kappa shape index (κ2) is 12.4. The summed E-state index contributed by atoms with van der Waals surface area (Å²) in [5.74, 6) is 0.00275. The molecule has 9 heteroatoms. The lowest BCUT2D eigenvalue weighted by Crippen LogP contribution is -2.47. The van der Waals surface area contributed by atoms with E-state index in [1.165, 1.54) is 0 Å². The number of hydrogen-bond donors (Lipinski definition) is 0. The Labute approximate surface area is 180 Å². The first-order chi connectivity index (χ1) is 13.5. The van der Waals surface area contributed by atoms with Crippen LogP contribution in [0.4, 0.5) is 0 Å². The fourth-order valence-electron chi connectivity index (χ4n) is 3.22. The van der Waals surface area contributed by atoms with Gasteiger partial charge >= 0.3 is 0 Å². The Morgan fingerprint density at radius 3 is 1.90 bits per heavy atom. The first-order valence-electron chi connectivity index (χ1n) is 10.2. The van der Waals surface area contributed by atoms with E-state index in [9.17, 15) is 4.79 Å². The Morgan fingerprint density at radius 2 is 1.41 bits per heavy atom. The van der Waals surface area contributed by atoms with Gasteiger partial charge in [-0.15, -0.1) is 0 Å². The summed E-state index contributed by atoms with van der Waals surface area (Å²) in [6.45, 7) is 15.4. The van der Waals surface area contributed by atoms with Crippen molar-refractivity contribution < 1.29 is 28.5 Å². The smallest absolute Gasteiger partial charge is 0.245 e. The van der Waals surface area contributed by atoms with Crippen LogP contribution in [-0.4, -0.2) is 98.5 Å². The van der Waals surface area contributed by atoms with Crippen molar-refractivity contribution >= 4 is 17.7 Å². The molecule has 0 bridgehead atoms. The monoisotopic (exact) mass is 438 g/mol. The molecule has 1 fully saturated rings. The van der Waals surface area contributed by atoms with E-state index in [-0.39, 0.29) is 18.1 Å². The highest BCUT2D eigenvalue weighted by molar-refractivity contribution is 6.17. The number of ether oxygens (including phenoxy) is 5. The van der Waals surface area contributed by atoms with E-state index in [1.54, 1.807) is 16.4 Å². The van der Waals surface area contributed by atoms with Gasteiger partial charge in [0.25, 0.3) is 0 Å². The van der Waals surface area contributed by atoms with Gasteiger partial charge in [-0.25, -0.2) is 0 Å². The molecule has 0 radical (unpaired) electrons. The standard InChI is InChI=1S/C20H39ClN2O6/c1-16(29-13-11-27-15-17(2)28-12-10-25-7)14-26-9-8-22-18(24)19(3,4)23(21)20(22,5)6/h16-17H,8-15H2,1-7H3. The third-order valence-corrected chi connectivity index (χ3v) is 5.72. The van der Waals surface area contributed by atoms with Gasteiger partial charge in [-0.2, -0.15) is 4.42 Å². The van der Waals surface area contributed by atoms with E-state index >= 15 is 0 Å². The van der Waals surface area contributed by atoms with Crippen LogP contribution in [0.2, 0.25) is 0 Å². The zero-order valence-corrected chi connectivity index (χ0v) is 19.8. The molecule has 0 aromatic heterocycles. The van der Waals surface area contributed by atoms with Crippen molar-refractivity contribution in [2.75, 3.05) is 59.9 Å². The predicted molar refractivity (Wildman–Crippen MR) is 112 cm³/mol. The fourth-order valence-corrected chi connectivity index (χ4v) is 3.38. The molecular formula is C20H39ClN2O6. The van der Waals surface area contributed by atoms with Crippen LogP contribution in [0.15, 0.2) is 0 Å². The quantitative estimate of drug-likeness (QED) is 0.287. The lowest BCUT2D eigenvalue weighted by molar-refractivity contribution is -0.134. The molecule has 0 N–H and O–H groups in total. The molecule has 172 valence electrons. The zero-order valence-electron chi connectivity index (χ0n) is 19.0. The average molecular weight is 439 g/mol. The van der Waals surface area contributed by atoms with Crippen LogP contribution < -0.4 is 0 Å². The number of hydrogen-bond acceptors (Lipinski definition) is 7. The lowest BCUT2D eigenvalue weighted by atomic mass is 10.1. The van der Waals surface area contributed by atoms with E-state index in [4.69, 9.17) is 35.5 Å². The maximum Gasteiger partial charge on any atom is 0.245 e. The Balaban J connectivity index is 2.13. The number of nitrogens with zero attached hydrogens (tertiary/aromatic N) is 2. The molecule has 1 amide bonds. The molecule has 0 aliphatic carbocycles. The first-order valence-corrected chi connectivity index (χ1v) is 10.5. The maximum atomic E-state index is 12.6. The molecule has 1 aliphatic rings. The van der Waals surface area contributed by atoms with E-state index in [1.807, 2.05) is 41.5 Å². The topological polar surface area (TPSA) is 69.7 Å². The molecule has 1 rings (SSSR count). The molecule has 2 unspecified atom stereocenters. The summed E-state index contributed by atoms with van der Waals surface area (Å²) < 4.78 is 29.0. The second-order valence-corrected chi connectivity index (χ2v) is 8.63. The molecule has 0 aromatic carbocycles. The van der Waals surface area contributed by atoms with Crippen LogP contribution >= 0.6 is 11.8 Å². The third-order valence-electron chi connectivity index (χ3n) is 4.88. The Hall–Kier alpha value is -0.480. The van der Waals surface area contributed by atoms with Crippen molar-refractivity contribution in [1.82, 2.24) is 9.32 Å². The average Bonchev–Trinajstić information content (AvgIpc) is 2.76. The van der Waals surface area contributed by atoms with Crippen LogP contribution in [0, 0.1) is 0 Å². The van der Waals surface area contributed by atoms with Crippen molar-refractivity contribution in [3.8, 4) is 0 Å². The van der Waals surface area contributed by atoms with Gasteiger partial charge in [0.15, 0.2) is 0 Å². The lowest BCUT2D eigenvalue weighted by Gasteiger charge is -2.35. The zero-order chi connectivity index (χ0) is 22.1. The van der Waals surface area contributed by atoms with Gasteiger partial charge in [0.05, 0.1) is 58.5 Å². The van der Waals surface area contributed by atoms with Gasteiger partial charge in [0.2, 0.25) is 5.91 Å². The van der Waals surface area contributed by atoms with Gasteiger partial charge in [-0.05, 0) is 53.3 Å². The normalized spacial score (nSPS) is 21.0. The molecule has 0 saturated carbocycles. The van der Waals surface area contributed by atoms with Gasteiger partial charge in [0, 0.05) is 13.7 Å². The summed E-state index contributed by atoms with van der Waals surface area (Å²) in [7, 11) is 1.65. The minimum absolute atomic E-state index is 0.00275. The summed E-state index contributed by atoms with van der Waals surface area (Å²) in [6.07, 6.45) is -0.0328. The van der Waals surface area contributed by atoms with Crippen LogP contribution in [0.1, 0.15) is 41.5 Å². The second-order valence-electron chi connectivity index (χ2n) is 8.30. The van der Waals surface area contributed by atoms with Gasteiger partial charge < -0.3 is 28.6 Å². The van der Waals surface area contributed by atoms with E-state index in [2.05, 4.69) is 0 Å². The minimum Gasteiger partial charge on any atom is -0.382 e. The van der Waals surface area contributed by atoms with Crippen molar-refractivity contribution in [2.45, 2.75) is 65.0 Å². The molecule has 0 aromatic rings. The van der Waals surface area contributed by atoms with E-state index in [0.717, 1.165) is 0 Å². The van der Waals surface area contributed by atoms with Crippen molar-refractivity contribution in [2.24, 2.45) is 0 Å². The van der Waals surface area contributed by atoms with Crippen LogP contribution in [0.5, 0.6) is 0 Å². The first kappa shape index (κ1) is 26.6. The number of amides is 1. The van der Waals surface area contributed by atoms with Gasteiger partial charge in [-0.3, -0.25) is 4.79 Å². The SMILES string of the molecule is COCCOC(C)COCCOC(C)COCCN1C(=O)C(C)(C)N(Cl)C1(C)C. The van der Waals surface area contributed by atoms with Crippen LogP contribution in [-0.2, 0) is 28.5 Å². The number of rotatable bonds is 15. The summed E-state index contributed by atoms with van der Waals surface area (Å²) in [5.41, 5.74) is -1.29. The number of halogens is 1. The number of carbonyl (C=O) groups is 1. The molecule has 2 atom stereocenters. The highest BCUT2D eigenvalue weighted by Crippen LogP contribution is 2.39. The van der Waals surface area contributed by atoms with Crippen molar-refractivity contribution in [1.29, 1.82) is 0 Å². The van der Waals surface area contributed by atoms with Gasteiger partial charge in [-0.1, -0.05) is 0 Å². The molecular weight excluding hydrogens is 400 g/mol. The molecule has 1 saturated heterocycles. The Morgan fingerprint density at radius 1 is 0.897 bits per heavy atom. The summed E-state index contributed by atoms with van der Waals surface area (Å²) in [5, 5.41) is 0. The molecule has 1 heterocycles. The van der Waals surface area contributed by atoms with Crippen LogP contribution in [0.25, 0.3) is 0 Å². The molecule has 1 aliphatic heterocycles. The van der Waals surface area contributed by atoms with Crippen molar-refractivity contribution in [3.05, 3.63) is 0 Å². The Bertz CT molecular complexity index is 492. The Kier molecular flexibility index (Phi) is 11.3. The number of carbonyl (C=O) groups excluding carboxylic acids is 1. The molecule has 0 spiro atoms. The fraction of sp³-hybridized carbons (Fsp3) is 0.950. The van der Waals surface area contributed by atoms with E-state index in [0.29, 0.717) is 52.8 Å². The summed E-state index contributed by atoms with van der Waals surface area (Å²) in [6, 6.07) is 0. The number of methoxy groups -OCH3 is 1. The summed E-state index contributed by atoms with van der Waals surface area (Å²) in [4.78, 5) is 14.4. The molecule has 8 nitrogen and oxygen atoms in total. The highest BCUT2D eigenvalue weighted by atomic mass is 35.5. The van der Waals surface area contributed by atoms with Crippen molar-refractivity contribution in [3.63, 3.8) is 0 Å². The largest absolute Gasteiger partial charge is 0.382 e. The van der Waals surface area contributed by atoms with Gasteiger partial charge in [0.1, 0.15) is 11.2 Å². The summed E-state index contributed by atoms with van der Waals surface area (Å²) >= 11 is 6.37. The predicted octanol–water partition coefficient (Wildman–Crippen LogP) is 2.29. The van der Waals surface area contributed by atoms with Crippen LogP contribution in [0.3, 0.4) is 0 Å². The molecule has 29 heavy (non-hydrogen) atoms. The minimum atomic E-state index is -0.728. The maximum absolute atomic E-state index is 12.6.